The minimum Gasteiger partial charge on any atom is -0.371 e. The van der Waals surface area contributed by atoms with Crippen LogP contribution in [0.3, 0.4) is 0 Å². The first-order chi connectivity index (χ1) is 17.2. The van der Waals surface area contributed by atoms with Gasteiger partial charge in [-0.3, -0.25) is 24.5 Å². The Morgan fingerprint density at radius 1 is 1.24 bits per heavy atom. The van der Waals surface area contributed by atoms with E-state index in [1.165, 1.54) is 25.2 Å². The number of halogens is 4. The maximum Gasteiger partial charge on any atom is 0.394 e. The first kappa shape index (κ1) is 27.3. The summed E-state index contributed by atoms with van der Waals surface area (Å²) in [6.45, 7) is 1.80. The number of aliphatic hydroxyl groups is 1. The maximum absolute atomic E-state index is 13.2. The second kappa shape index (κ2) is 9.55. The molecule has 5 N–H and O–H groups in total. The first-order valence-electron chi connectivity index (χ1n) is 11.9. The lowest BCUT2D eigenvalue weighted by atomic mass is 9.34. The lowest BCUT2D eigenvalue weighted by Crippen LogP contribution is -2.71. The summed E-state index contributed by atoms with van der Waals surface area (Å²) in [5, 5.41) is 20.4. The first-order valence-corrected chi connectivity index (χ1v) is 12.3. The lowest BCUT2D eigenvalue weighted by molar-refractivity contribution is -0.349. The smallest absolute Gasteiger partial charge is 0.371 e. The molecule has 3 aliphatic carbocycles. The molecule has 4 fully saturated rings. The Bertz CT molecular complexity index is 1120. The molecule has 9 nitrogen and oxygen atoms in total. The van der Waals surface area contributed by atoms with E-state index in [0.29, 0.717) is 6.42 Å². The summed E-state index contributed by atoms with van der Waals surface area (Å²) in [5.41, 5.74) is -3.04. The monoisotopic (exact) mass is 544 g/mol. The van der Waals surface area contributed by atoms with Crippen LogP contribution in [0.1, 0.15) is 49.4 Å². The molecule has 1 aromatic rings. The van der Waals surface area contributed by atoms with E-state index in [2.05, 4.69) is 21.3 Å². The van der Waals surface area contributed by atoms with E-state index in [1.54, 1.807) is 6.92 Å². The van der Waals surface area contributed by atoms with Gasteiger partial charge in [-0.1, -0.05) is 11.6 Å². The number of nitrogens with one attached hydrogen (secondary N) is 4. The van der Waals surface area contributed by atoms with Crippen molar-refractivity contribution in [3.63, 3.8) is 0 Å². The summed E-state index contributed by atoms with van der Waals surface area (Å²) >= 11 is 6.06. The molecular formula is C24H28ClF3N4O5. The molecule has 4 aliphatic rings. The predicted octanol–water partition coefficient (Wildman–Crippen LogP) is 2.13. The van der Waals surface area contributed by atoms with Gasteiger partial charge in [-0.2, -0.15) is 13.2 Å². The Labute approximate surface area is 215 Å². The highest BCUT2D eigenvalue weighted by Gasteiger charge is 2.80. The standard InChI is InChI=1S/C24H28ClF3N4O5/c1-11-5-12(18(34)30-11)6-16(17(33)20(36)29-2)31-19(35)14-7-13(25)3-4-15(14)32-21(37)22-8-23(9-22,10-22)24(26,27)28/h3-4,7,11-12,16,20,29,36H,5-6,8-10H2,1-2H3,(H,30,34)(H,31,35)(H,32,37)/t11-,12+,16+,20?,22?,23?/m1/s1. The third-order valence-corrected chi connectivity index (χ3v) is 7.93. The molecule has 4 atom stereocenters. The molecular weight excluding hydrogens is 517 g/mol. The molecule has 2 bridgehead atoms. The number of aliphatic hydroxyl groups excluding tert-OH is 1. The molecule has 1 aromatic carbocycles. The number of benzene rings is 1. The number of Topliss-reactive ketones (excluding diaryl/α,β-unsaturated/α-hetero) is 1. The molecule has 202 valence electrons. The Kier molecular flexibility index (Phi) is 7.06. The van der Waals surface area contributed by atoms with Gasteiger partial charge in [-0.15, -0.1) is 0 Å². The molecule has 37 heavy (non-hydrogen) atoms. The highest BCUT2D eigenvalue weighted by Crippen LogP contribution is 2.78. The Morgan fingerprint density at radius 2 is 1.89 bits per heavy atom. The van der Waals surface area contributed by atoms with Crippen LogP contribution in [0.15, 0.2) is 18.2 Å². The summed E-state index contributed by atoms with van der Waals surface area (Å²) in [6, 6.07) is 2.66. The van der Waals surface area contributed by atoms with E-state index in [-0.39, 0.29) is 53.9 Å². The zero-order valence-corrected chi connectivity index (χ0v) is 20.9. The summed E-state index contributed by atoms with van der Waals surface area (Å²) < 4.78 is 39.6. The van der Waals surface area contributed by atoms with Gasteiger partial charge in [0.15, 0.2) is 12.0 Å². The van der Waals surface area contributed by atoms with Crippen molar-refractivity contribution in [1.29, 1.82) is 0 Å². The number of alkyl halides is 3. The van der Waals surface area contributed by atoms with Gasteiger partial charge >= 0.3 is 6.18 Å². The second-order valence-corrected chi connectivity index (χ2v) is 10.9. The Balaban J connectivity index is 1.50. The number of ketones is 1. The van der Waals surface area contributed by atoms with Gasteiger partial charge in [0.05, 0.1) is 28.1 Å². The van der Waals surface area contributed by atoms with E-state index in [1.807, 2.05) is 0 Å². The highest BCUT2D eigenvalue weighted by molar-refractivity contribution is 6.31. The van der Waals surface area contributed by atoms with Crippen LogP contribution >= 0.6 is 11.6 Å². The number of hydrogen-bond acceptors (Lipinski definition) is 6. The summed E-state index contributed by atoms with van der Waals surface area (Å²) in [7, 11) is 1.35. The second-order valence-electron chi connectivity index (χ2n) is 10.4. The Morgan fingerprint density at radius 3 is 2.43 bits per heavy atom. The van der Waals surface area contributed by atoms with Crippen molar-refractivity contribution in [2.75, 3.05) is 12.4 Å². The fourth-order valence-corrected chi connectivity index (χ4v) is 5.83. The van der Waals surface area contributed by atoms with Gasteiger partial charge in [0, 0.05) is 17.0 Å². The number of anilines is 1. The van der Waals surface area contributed by atoms with Crippen molar-refractivity contribution in [2.24, 2.45) is 16.7 Å². The van der Waals surface area contributed by atoms with E-state index >= 15 is 0 Å². The molecule has 1 heterocycles. The average Bonchev–Trinajstić information content (AvgIpc) is 3.06. The van der Waals surface area contributed by atoms with Crippen LogP contribution < -0.4 is 21.3 Å². The van der Waals surface area contributed by atoms with Crippen LogP contribution in [0.25, 0.3) is 0 Å². The van der Waals surface area contributed by atoms with Gasteiger partial charge in [0.25, 0.3) is 5.91 Å². The zero-order valence-electron chi connectivity index (χ0n) is 20.2. The van der Waals surface area contributed by atoms with Crippen molar-refractivity contribution >= 4 is 40.8 Å². The van der Waals surface area contributed by atoms with Gasteiger partial charge in [0.1, 0.15) is 0 Å². The van der Waals surface area contributed by atoms with Crippen LogP contribution in [0.4, 0.5) is 18.9 Å². The van der Waals surface area contributed by atoms with Crippen LogP contribution in [0.2, 0.25) is 5.02 Å². The van der Waals surface area contributed by atoms with E-state index in [0.717, 1.165) is 0 Å². The normalized spacial score (nSPS) is 29.9. The molecule has 1 aliphatic heterocycles. The topological polar surface area (TPSA) is 137 Å². The minimum absolute atomic E-state index is 0.0188. The average molecular weight is 545 g/mol. The summed E-state index contributed by atoms with van der Waals surface area (Å²) in [4.78, 5) is 51.1. The van der Waals surface area contributed by atoms with Gasteiger partial charge < -0.3 is 21.1 Å². The third-order valence-electron chi connectivity index (χ3n) is 7.70. The maximum atomic E-state index is 13.2. The van der Waals surface area contributed by atoms with Gasteiger partial charge in [-0.05, 0) is 64.3 Å². The predicted molar refractivity (Wildman–Crippen MR) is 127 cm³/mol. The van der Waals surface area contributed by atoms with Gasteiger partial charge in [-0.25, -0.2) is 0 Å². The largest absolute Gasteiger partial charge is 0.394 e. The third kappa shape index (κ3) is 4.94. The van der Waals surface area contributed by atoms with Gasteiger partial charge in [0.2, 0.25) is 11.8 Å². The van der Waals surface area contributed by atoms with Crippen molar-refractivity contribution in [3.05, 3.63) is 28.8 Å². The van der Waals surface area contributed by atoms with E-state index in [4.69, 9.17) is 11.6 Å². The molecule has 3 amide bonds. The van der Waals surface area contributed by atoms with Crippen molar-refractivity contribution in [3.8, 4) is 0 Å². The van der Waals surface area contributed by atoms with Crippen LogP contribution in [0.5, 0.6) is 0 Å². The van der Waals surface area contributed by atoms with Crippen molar-refractivity contribution < 1.29 is 37.5 Å². The molecule has 0 radical (unpaired) electrons. The molecule has 3 saturated carbocycles. The van der Waals surface area contributed by atoms with Crippen molar-refractivity contribution in [2.45, 2.75) is 63.5 Å². The molecule has 1 unspecified atom stereocenters. The number of hydrogen-bond donors (Lipinski definition) is 5. The molecule has 5 rings (SSSR count). The van der Waals surface area contributed by atoms with Crippen LogP contribution in [-0.4, -0.2) is 60.1 Å². The SMILES string of the molecule is CNC(O)C(=O)[C@H](C[C@@H]1C[C@@H](C)NC1=O)NC(=O)c1cc(Cl)ccc1NC(=O)C12CC(C(F)(F)F)(C1)C2. The fourth-order valence-electron chi connectivity index (χ4n) is 5.65. The number of rotatable bonds is 9. The molecule has 13 heteroatoms. The summed E-state index contributed by atoms with van der Waals surface area (Å²) in [5.74, 6) is -3.04. The number of amides is 3. The van der Waals surface area contributed by atoms with Crippen LogP contribution in [0, 0.1) is 16.7 Å². The molecule has 0 spiro atoms. The quantitative estimate of drug-likeness (QED) is 0.302. The summed E-state index contributed by atoms with van der Waals surface area (Å²) in [6.07, 6.45) is -6.50. The zero-order chi connectivity index (χ0) is 27.3. The number of carbonyl (C=O) groups is 4. The minimum atomic E-state index is -4.37. The van der Waals surface area contributed by atoms with Crippen LogP contribution in [-0.2, 0) is 14.4 Å². The van der Waals surface area contributed by atoms with Crippen molar-refractivity contribution in [1.82, 2.24) is 16.0 Å². The number of likely N-dealkylation sites (N-methyl/N-ethyl adjacent to an activating group) is 1. The fraction of sp³-hybridized carbons (Fsp3) is 0.583. The Hall–Kier alpha value is -2.70. The number of carbonyl (C=O) groups excluding carboxylic acids is 4. The highest BCUT2D eigenvalue weighted by atomic mass is 35.5. The van der Waals surface area contributed by atoms with E-state index < -0.39 is 52.8 Å². The lowest BCUT2D eigenvalue weighted by Gasteiger charge is -2.69. The van der Waals surface area contributed by atoms with E-state index in [9.17, 15) is 37.5 Å². The molecule has 0 aromatic heterocycles. The molecule has 1 saturated heterocycles.